The quantitative estimate of drug-likeness (QED) is 0.411. The Morgan fingerprint density at radius 2 is 1.46 bits per heavy atom. The van der Waals surface area contributed by atoms with Crippen molar-refractivity contribution in [2.45, 2.75) is 40.5 Å². The van der Waals surface area contributed by atoms with E-state index in [-0.39, 0.29) is 0 Å². The molecule has 0 aromatic heterocycles. The molecule has 0 fully saturated rings. The van der Waals surface area contributed by atoms with E-state index in [1.54, 1.807) is 6.08 Å². The predicted molar refractivity (Wildman–Crippen MR) is 126 cm³/mol. The first kappa shape index (κ1) is 21.4. The van der Waals surface area contributed by atoms with Crippen molar-refractivity contribution in [1.82, 2.24) is 0 Å². The number of benzene rings is 2. The number of aryl methyl sites for hydroxylation is 1. The first-order valence-electron chi connectivity index (χ1n) is 10.00. The maximum atomic E-state index is 4.28. The zero-order chi connectivity index (χ0) is 20.5. The molecule has 0 heterocycles. The summed E-state index contributed by atoms with van der Waals surface area (Å²) in [6.07, 6.45) is 10.4. The molecular weight excluding hydrogens is 336 g/mol. The van der Waals surface area contributed by atoms with Crippen LogP contribution in [-0.4, -0.2) is 0 Å². The van der Waals surface area contributed by atoms with Crippen LogP contribution in [0.15, 0.2) is 103 Å². The summed E-state index contributed by atoms with van der Waals surface area (Å²) in [6, 6.07) is 17.6. The molecule has 0 N–H and O–H groups in total. The molecule has 0 radical (unpaired) electrons. The van der Waals surface area contributed by atoms with Gasteiger partial charge < -0.3 is 0 Å². The Hall–Kier alpha value is -2.86. The van der Waals surface area contributed by atoms with Gasteiger partial charge in [-0.2, -0.15) is 0 Å². The molecule has 0 saturated carbocycles. The first-order valence-corrected chi connectivity index (χ1v) is 10.00. The van der Waals surface area contributed by atoms with Crippen molar-refractivity contribution in [1.29, 1.82) is 0 Å². The fourth-order valence-corrected chi connectivity index (χ4v) is 3.31. The van der Waals surface area contributed by atoms with Crippen LogP contribution >= 0.6 is 0 Å². The fourth-order valence-electron chi connectivity index (χ4n) is 3.31. The average Bonchev–Trinajstić information content (AvgIpc) is 2.69. The van der Waals surface area contributed by atoms with Crippen molar-refractivity contribution in [3.8, 4) is 11.1 Å². The summed E-state index contributed by atoms with van der Waals surface area (Å²) in [5.74, 6) is 0. The zero-order valence-electron chi connectivity index (χ0n) is 17.8. The lowest BCUT2D eigenvalue weighted by Crippen LogP contribution is -1.88. The normalized spacial score (nSPS) is 11.5. The minimum absolute atomic E-state index is 1.02. The molecule has 144 valence electrons. The van der Waals surface area contributed by atoms with E-state index in [0.717, 1.165) is 17.6 Å². The molecule has 2 aromatic carbocycles. The Morgan fingerprint density at radius 3 is 1.96 bits per heavy atom. The lowest BCUT2D eigenvalue weighted by Gasteiger charge is -2.09. The lowest BCUT2D eigenvalue weighted by atomic mass is 9.96. The molecule has 0 nitrogen and oxygen atoms in total. The highest BCUT2D eigenvalue weighted by Gasteiger charge is 2.03. The minimum Gasteiger partial charge on any atom is -0.0991 e. The van der Waals surface area contributed by atoms with Crippen molar-refractivity contribution in [3.05, 3.63) is 114 Å². The van der Waals surface area contributed by atoms with Crippen molar-refractivity contribution in [3.63, 3.8) is 0 Å². The maximum absolute atomic E-state index is 4.28. The van der Waals surface area contributed by atoms with Gasteiger partial charge in [-0.15, -0.1) is 0 Å². The van der Waals surface area contributed by atoms with Gasteiger partial charge >= 0.3 is 0 Å². The van der Waals surface area contributed by atoms with Crippen LogP contribution in [0.25, 0.3) is 16.7 Å². The highest BCUT2D eigenvalue weighted by molar-refractivity contribution is 5.76. The SMILES string of the molecule is C=C/C=C\C(=C(C)C)/C(C)=C\C(=C)c1ccc(-c2ccc(CCC)cc2)cc1. The zero-order valence-corrected chi connectivity index (χ0v) is 17.8. The van der Waals surface area contributed by atoms with Crippen LogP contribution in [0, 0.1) is 0 Å². The largest absolute Gasteiger partial charge is 0.0991 e. The minimum atomic E-state index is 1.02. The van der Waals surface area contributed by atoms with Crippen LogP contribution < -0.4 is 0 Å². The third kappa shape index (κ3) is 5.82. The van der Waals surface area contributed by atoms with E-state index in [2.05, 4.69) is 102 Å². The van der Waals surface area contributed by atoms with E-state index >= 15 is 0 Å². The molecule has 0 heteroatoms. The maximum Gasteiger partial charge on any atom is -0.0184 e. The third-order valence-corrected chi connectivity index (χ3v) is 4.83. The summed E-state index contributed by atoms with van der Waals surface area (Å²) in [5.41, 5.74) is 9.77. The standard InChI is InChI=1S/C28H32/c1-7-9-11-28(21(3)4)23(6)20-22(5)25-16-18-27(19-17-25)26-14-12-24(10-8-2)13-15-26/h7,9,11-20H,1,5,8,10H2,2-4,6H3/b11-9-,23-20-. The average molecular weight is 369 g/mol. The second-order valence-electron chi connectivity index (χ2n) is 7.39. The van der Waals surface area contributed by atoms with Gasteiger partial charge in [0.25, 0.3) is 0 Å². The second-order valence-corrected chi connectivity index (χ2v) is 7.39. The summed E-state index contributed by atoms with van der Waals surface area (Å²) < 4.78 is 0. The van der Waals surface area contributed by atoms with E-state index in [1.807, 2.05) is 6.08 Å². The van der Waals surface area contributed by atoms with Gasteiger partial charge in [0.1, 0.15) is 0 Å². The molecule has 28 heavy (non-hydrogen) atoms. The molecule has 2 rings (SSSR count). The van der Waals surface area contributed by atoms with Crippen LogP contribution in [0.4, 0.5) is 0 Å². The molecule has 0 unspecified atom stereocenters. The summed E-state index contributed by atoms with van der Waals surface area (Å²) in [6.45, 7) is 16.6. The van der Waals surface area contributed by atoms with Crippen LogP contribution in [0.3, 0.4) is 0 Å². The van der Waals surface area contributed by atoms with Gasteiger partial charge in [0, 0.05) is 0 Å². The van der Waals surface area contributed by atoms with E-state index in [4.69, 9.17) is 0 Å². The number of rotatable bonds is 8. The molecule has 0 aliphatic heterocycles. The summed E-state index contributed by atoms with van der Waals surface area (Å²) in [7, 11) is 0. The highest BCUT2D eigenvalue weighted by atomic mass is 14.1. The van der Waals surface area contributed by atoms with Crippen LogP contribution in [0.5, 0.6) is 0 Å². The Morgan fingerprint density at radius 1 is 0.893 bits per heavy atom. The smallest absolute Gasteiger partial charge is 0.0184 e. The van der Waals surface area contributed by atoms with E-state index in [1.165, 1.54) is 39.8 Å². The Kier molecular flexibility index (Phi) is 8.02. The van der Waals surface area contributed by atoms with Gasteiger partial charge in [-0.25, -0.2) is 0 Å². The topological polar surface area (TPSA) is 0 Å². The van der Waals surface area contributed by atoms with Gasteiger partial charge in [0.15, 0.2) is 0 Å². The summed E-state index contributed by atoms with van der Waals surface area (Å²) in [4.78, 5) is 0. The van der Waals surface area contributed by atoms with Gasteiger partial charge in [0.05, 0.1) is 0 Å². The molecule has 0 spiro atoms. The fraction of sp³-hybridized carbons (Fsp3) is 0.214. The van der Waals surface area contributed by atoms with Crippen molar-refractivity contribution in [2.75, 3.05) is 0 Å². The molecule has 2 aromatic rings. The second kappa shape index (κ2) is 10.5. The Labute approximate surface area is 171 Å². The van der Waals surface area contributed by atoms with Gasteiger partial charge in [-0.05, 0) is 66.2 Å². The number of hydrogen-bond acceptors (Lipinski definition) is 0. The molecule has 0 atom stereocenters. The van der Waals surface area contributed by atoms with E-state index in [0.29, 0.717) is 0 Å². The molecule has 0 amide bonds. The molecular formula is C28H32. The summed E-state index contributed by atoms with van der Waals surface area (Å²) >= 11 is 0. The molecule has 0 aliphatic rings. The summed E-state index contributed by atoms with van der Waals surface area (Å²) in [5, 5.41) is 0. The molecule has 0 saturated heterocycles. The first-order chi connectivity index (χ1) is 13.5. The third-order valence-electron chi connectivity index (χ3n) is 4.83. The van der Waals surface area contributed by atoms with Gasteiger partial charge in [0.2, 0.25) is 0 Å². The van der Waals surface area contributed by atoms with Gasteiger partial charge in [-0.1, -0.05) is 105 Å². The van der Waals surface area contributed by atoms with Crippen molar-refractivity contribution < 1.29 is 0 Å². The van der Waals surface area contributed by atoms with Crippen LogP contribution in [0.1, 0.15) is 45.2 Å². The Balaban J connectivity index is 2.20. The van der Waals surface area contributed by atoms with Gasteiger partial charge in [-0.3, -0.25) is 0 Å². The van der Waals surface area contributed by atoms with E-state index in [9.17, 15) is 0 Å². The number of hydrogen-bond donors (Lipinski definition) is 0. The van der Waals surface area contributed by atoms with Crippen molar-refractivity contribution in [2.24, 2.45) is 0 Å². The Bertz CT molecular complexity index is 894. The molecule has 0 aliphatic carbocycles. The van der Waals surface area contributed by atoms with Crippen molar-refractivity contribution >= 4 is 5.57 Å². The monoisotopic (exact) mass is 368 g/mol. The highest BCUT2D eigenvalue weighted by Crippen LogP contribution is 2.25. The number of allylic oxidation sites excluding steroid dienone is 8. The molecule has 0 bridgehead atoms. The predicted octanol–water partition coefficient (Wildman–Crippen LogP) is 8.34. The van der Waals surface area contributed by atoms with Crippen LogP contribution in [0.2, 0.25) is 0 Å². The lowest BCUT2D eigenvalue weighted by molar-refractivity contribution is 0.922. The van der Waals surface area contributed by atoms with E-state index < -0.39 is 0 Å². The van der Waals surface area contributed by atoms with Crippen LogP contribution in [-0.2, 0) is 6.42 Å².